The number of hydrogen-bond acceptors (Lipinski definition) is 4. The van der Waals surface area contributed by atoms with Crippen LogP contribution in [0.3, 0.4) is 0 Å². The van der Waals surface area contributed by atoms with Crippen LogP contribution in [0, 0.1) is 19.3 Å². The molecule has 4 rings (SSSR count). The summed E-state index contributed by atoms with van der Waals surface area (Å²) in [5.41, 5.74) is 2.58. The number of likely N-dealkylation sites (tertiary alicyclic amines) is 1. The van der Waals surface area contributed by atoms with Gasteiger partial charge in [-0.15, -0.1) is 0 Å². The van der Waals surface area contributed by atoms with Gasteiger partial charge in [-0.05, 0) is 63.1 Å². The lowest BCUT2D eigenvalue weighted by molar-refractivity contribution is -0.134. The van der Waals surface area contributed by atoms with Gasteiger partial charge in [0, 0.05) is 25.3 Å². The van der Waals surface area contributed by atoms with Gasteiger partial charge in [-0.1, -0.05) is 31.4 Å². The molecule has 2 amide bonds. The number of piperidine rings is 1. The van der Waals surface area contributed by atoms with Crippen molar-refractivity contribution in [2.45, 2.75) is 65.3 Å². The third-order valence-corrected chi connectivity index (χ3v) is 7.18. The second kappa shape index (κ2) is 10.4. The number of nitrogens with one attached hydrogen (secondary N) is 1. The number of fused-ring (bicyclic) bond motifs is 1. The number of amides is 2. The average Bonchev–Trinajstić information content (AvgIpc) is 3.13. The number of ether oxygens (including phenoxy) is 1. The van der Waals surface area contributed by atoms with Gasteiger partial charge in [-0.25, -0.2) is 0 Å². The molecule has 3 heterocycles. The predicted molar refractivity (Wildman–Crippen MR) is 127 cm³/mol. The minimum absolute atomic E-state index is 0.0362. The highest BCUT2D eigenvalue weighted by molar-refractivity contribution is 5.96. The molecule has 1 spiro atoms. The molecule has 1 saturated heterocycles. The van der Waals surface area contributed by atoms with Crippen LogP contribution in [-0.4, -0.2) is 52.7 Å². The third-order valence-electron chi connectivity index (χ3n) is 7.18. The average molecular weight is 453 g/mol. The Labute approximate surface area is 196 Å². The van der Waals surface area contributed by atoms with Crippen molar-refractivity contribution in [3.8, 4) is 5.75 Å². The molecule has 0 saturated carbocycles. The maximum Gasteiger partial charge on any atom is 0.255 e. The van der Waals surface area contributed by atoms with Crippen molar-refractivity contribution in [2.75, 3.05) is 26.2 Å². The molecule has 0 unspecified atom stereocenters. The van der Waals surface area contributed by atoms with Crippen molar-refractivity contribution in [1.29, 1.82) is 0 Å². The van der Waals surface area contributed by atoms with E-state index in [4.69, 9.17) is 4.74 Å². The fourth-order valence-corrected chi connectivity index (χ4v) is 5.09. The fraction of sp³-hybridized carbons (Fsp3) is 0.577. The van der Waals surface area contributed by atoms with E-state index in [1.807, 2.05) is 49.1 Å². The standard InChI is InChI=1S/C26H36N4O3/c1-20-17-21(2)30(28-20)18-24(31)29-14-12-26(13-15-29)11-7-3-4-8-16-33-23-10-6-5-9-22(23)25(32)27-19-26/h5-6,9-10,17H,3-4,7-8,11-16,18-19H2,1-2H3,(H,27,32). The summed E-state index contributed by atoms with van der Waals surface area (Å²) in [6.07, 6.45) is 7.34. The number of para-hydroxylation sites is 1. The second-order valence-corrected chi connectivity index (χ2v) is 9.66. The third kappa shape index (κ3) is 5.75. The summed E-state index contributed by atoms with van der Waals surface area (Å²) in [5, 5.41) is 7.63. The first-order valence-electron chi connectivity index (χ1n) is 12.2. The number of aryl methyl sites for hydroxylation is 2. The summed E-state index contributed by atoms with van der Waals surface area (Å²) in [5.74, 6) is 0.705. The van der Waals surface area contributed by atoms with E-state index in [9.17, 15) is 9.59 Å². The second-order valence-electron chi connectivity index (χ2n) is 9.66. The largest absolute Gasteiger partial charge is 0.493 e. The van der Waals surface area contributed by atoms with Crippen LogP contribution in [0.1, 0.15) is 66.7 Å². The number of carbonyl (C=O) groups excluding carboxylic acids is 2. The van der Waals surface area contributed by atoms with Gasteiger partial charge < -0.3 is 15.0 Å². The fourth-order valence-electron chi connectivity index (χ4n) is 5.09. The molecule has 0 atom stereocenters. The van der Waals surface area contributed by atoms with Crippen molar-refractivity contribution < 1.29 is 14.3 Å². The van der Waals surface area contributed by atoms with Crippen molar-refractivity contribution in [2.24, 2.45) is 5.41 Å². The van der Waals surface area contributed by atoms with Crippen LogP contribution in [0.4, 0.5) is 0 Å². The number of benzene rings is 1. The lowest BCUT2D eigenvalue weighted by atomic mass is 9.74. The van der Waals surface area contributed by atoms with Gasteiger partial charge in [0.1, 0.15) is 12.3 Å². The number of hydrogen-bond donors (Lipinski definition) is 1. The van der Waals surface area contributed by atoms with E-state index in [0.29, 0.717) is 31.0 Å². The molecule has 178 valence electrons. The first-order chi connectivity index (χ1) is 16.0. The Bertz CT molecular complexity index is 976. The predicted octanol–water partition coefficient (Wildman–Crippen LogP) is 3.88. The molecular weight excluding hydrogens is 416 g/mol. The maximum absolute atomic E-state index is 13.0. The number of aromatic nitrogens is 2. The monoisotopic (exact) mass is 452 g/mol. The lowest BCUT2D eigenvalue weighted by Crippen LogP contribution is -2.48. The molecule has 0 bridgehead atoms. The van der Waals surface area contributed by atoms with E-state index >= 15 is 0 Å². The van der Waals surface area contributed by atoms with Crippen LogP contribution in [0.2, 0.25) is 0 Å². The van der Waals surface area contributed by atoms with Crippen LogP contribution in [0.5, 0.6) is 5.75 Å². The van der Waals surface area contributed by atoms with Gasteiger partial charge in [0.25, 0.3) is 5.91 Å². The van der Waals surface area contributed by atoms with E-state index in [1.54, 1.807) is 4.68 Å². The molecule has 2 aromatic rings. The Morgan fingerprint density at radius 3 is 2.61 bits per heavy atom. The molecule has 1 aromatic heterocycles. The summed E-state index contributed by atoms with van der Waals surface area (Å²) in [7, 11) is 0. The van der Waals surface area contributed by atoms with Crippen LogP contribution >= 0.6 is 0 Å². The van der Waals surface area contributed by atoms with Crippen LogP contribution in [-0.2, 0) is 11.3 Å². The molecular formula is C26H36N4O3. The number of rotatable bonds is 2. The molecule has 0 aliphatic carbocycles. The summed E-state index contributed by atoms with van der Waals surface area (Å²) in [6.45, 7) is 6.96. The highest BCUT2D eigenvalue weighted by Gasteiger charge is 2.36. The van der Waals surface area contributed by atoms with E-state index in [1.165, 1.54) is 6.42 Å². The Balaban J connectivity index is 1.41. The van der Waals surface area contributed by atoms with Crippen molar-refractivity contribution in [3.05, 3.63) is 47.3 Å². The van der Waals surface area contributed by atoms with Gasteiger partial charge >= 0.3 is 0 Å². The van der Waals surface area contributed by atoms with Gasteiger partial charge in [0.05, 0.1) is 17.9 Å². The maximum atomic E-state index is 13.0. The minimum atomic E-state index is -0.0766. The number of carbonyl (C=O) groups is 2. The molecule has 1 aromatic carbocycles. The van der Waals surface area contributed by atoms with Crippen LogP contribution in [0.25, 0.3) is 0 Å². The Hall–Kier alpha value is -2.83. The Morgan fingerprint density at radius 2 is 1.85 bits per heavy atom. The Kier molecular flexibility index (Phi) is 7.36. The normalized spacial score (nSPS) is 19.5. The summed E-state index contributed by atoms with van der Waals surface area (Å²) in [6, 6.07) is 9.49. The number of nitrogens with zero attached hydrogens (tertiary/aromatic N) is 3. The van der Waals surface area contributed by atoms with E-state index < -0.39 is 0 Å². The zero-order valence-corrected chi connectivity index (χ0v) is 19.9. The molecule has 33 heavy (non-hydrogen) atoms. The van der Waals surface area contributed by atoms with E-state index in [0.717, 1.165) is 63.0 Å². The van der Waals surface area contributed by atoms with E-state index in [2.05, 4.69) is 10.4 Å². The summed E-state index contributed by atoms with van der Waals surface area (Å²) < 4.78 is 7.69. The minimum Gasteiger partial charge on any atom is -0.493 e. The molecule has 7 heteroatoms. The smallest absolute Gasteiger partial charge is 0.255 e. The van der Waals surface area contributed by atoms with Gasteiger partial charge in [-0.2, -0.15) is 5.10 Å². The zero-order valence-electron chi connectivity index (χ0n) is 19.9. The molecule has 7 nitrogen and oxygen atoms in total. The molecule has 0 radical (unpaired) electrons. The first-order valence-corrected chi connectivity index (χ1v) is 12.2. The van der Waals surface area contributed by atoms with Gasteiger partial charge in [-0.3, -0.25) is 14.3 Å². The quantitative estimate of drug-likeness (QED) is 0.750. The first kappa shape index (κ1) is 23.3. The topological polar surface area (TPSA) is 76.5 Å². The van der Waals surface area contributed by atoms with Gasteiger partial charge in [0.2, 0.25) is 5.91 Å². The zero-order chi connectivity index (χ0) is 23.3. The summed E-state index contributed by atoms with van der Waals surface area (Å²) >= 11 is 0. The van der Waals surface area contributed by atoms with Crippen LogP contribution < -0.4 is 10.1 Å². The molecule has 2 aliphatic rings. The highest BCUT2D eigenvalue weighted by Crippen LogP contribution is 2.37. The summed E-state index contributed by atoms with van der Waals surface area (Å²) in [4.78, 5) is 27.9. The molecule has 1 fully saturated rings. The molecule has 2 aliphatic heterocycles. The van der Waals surface area contributed by atoms with Crippen molar-refractivity contribution in [1.82, 2.24) is 20.0 Å². The van der Waals surface area contributed by atoms with Crippen molar-refractivity contribution in [3.63, 3.8) is 0 Å². The van der Waals surface area contributed by atoms with E-state index in [-0.39, 0.29) is 17.2 Å². The SMILES string of the molecule is Cc1cc(C)n(CC(=O)N2CCC3(CCCCCCOc4ccccc4C(=O)NC3)CC2)n1. The Morgan fingerprint density at radius 1 is 1.09 bits per heavy atom. The lowest BCUT2D eigenvalue weighted by Gasteiger charge is -2.42. The van der Waals surface area contributed by atoms with Gasteiger partial charge in [0.15, 0.2) is 0 Å². The van der Waals surface area contributed by atoms with Crippen molar-refractivity contribution >= 4 is 11.8 Å². The van der Waals surface area contributed by atoms with Crippen LogP contribution in [0.15, 0.2) is 30.3 Å². The highest BCUT2D eigenvalue weighted by atomic mass is 16.5. The molecule has 1 N–H and O–H groups in total.